The molecule has 1 aromatic carbocycles. The molecular formula is C10H9F2Ti. The van der Waals surface area contributed by atoms with Crippen molar-refractivity contribution in [2.24, 2.45) is 0 Å². The number of allylic oxidation sites excluding steroid dienone is 1. The van der Waals surface area contributed by atoms with E-state index in [1.165, 1.54) is 15.0 Å². The van der Waals surface area contributed by atoms with Gasteiger partial charge in [-0.15, -0.1) is 0 Å². The van der Waals surface area contributed by atoms with Crippen LogP contribution in [0.15, 0.2) is 28.1 Å². The van der Waals surface area contributed by atoms with Gasteiger partial charge in [0, 0.05) is 0 Å². The van der Waals surface area contributed by atoms with Crippen LogP contribution in [0, 0.1) is 0 Å². The van der Waals surface area contributed by atoms with Gasteiger partial charge in [0.2, 0.25) is 0 Å². The summed E-state index contributed by atoms with van der Waals surface area (Å²) in [7, 11) is 0. The molecule has 13 heavy (non-hydrogen) atoms. The zero-order valence-electron chi connectivity index (χ0n) is 7.22. The van der Waals surface area contributed by atoms with Crippen LogP contribution in [0.2, 0.25) is 0 Å². The number of halogens is 2. The van der Waals surface area contributed by atoms with Gasteiger partial charge in [0.25, 0.3) is 0 Å². The first-order chi connectivity index (χ1) is 5.29. The molecule has 3 heteroatoms. The van der Waals surface area contributed by atoms with Crippen LogP contribution in [-0.4, -0.2) is 0 Å². The monoisotopic (exact) mass is 215 g/mol. The van der Waals surface area contributed by atoms with Crippen LogP contribution in [0.3, 0.4) is 0 Å². The molecule has 2 rings (SSSR count). The quantitative estimate of drug-likeness (QED) is 0.398. The van der Waals surface area contributed by atoms with Crippen LogP contribution in [0.4, 0.5) is 0 Å². The predicted octanol–water partition coefficient (Wildman–Crippen LogP) is -3.30. The maximum Gasteiger partial charge on any atom is -1.00 e. The van der Waals surface area contributed by atoms with Gasteiger partial charge >= 0.3 is 78.6 Å². The van der Waals surface area contributed by atoms with Gasteiger partial charge in [0.15, 0.2) is 0 Å². The third kappa shape index (κ3) is 2.06. The molecule has 1 atom stereocenters. The third-order valence-corrected chi connectivity index (χ3v) is 3.14. The fraction of sp³-hybridized carbons (Fsp3) is 0.200. The summed E-state index contributed by atoms with van der Waals surface area (Å²) < 4.78 is 1.48. The van der Waals surface area contributed by atoms with Crippen molar-refractivity contribution in [3.05, 3.63) is 39.3 Å². The SMILES string of the molecule is CC1[C]([Ti+2])=Cc2ccccc21.[F-].[F-]. The molecule has 1 aliphatic carbocycles. The standard InChI is InChI=1S/C10H9.2FH.Ti/c1-8-6-7-9-4-2-3-5-10(8)9;;;/h2-5,7-8H,1H3;2*1H;/q;;;+2/p-2. The molecule has 0 N–H and O–H groups in total. The van der Waals surface area contributed by atoms with Crippen molar-refractivity contribution in [1.29, 1.82) is 0 Å². The average Bonchev–Trinajstić information content (AvgIpc) is 2.30. The molecule has 1 unspecified atom stereocenters. The topological polar surface area (TPSA) is 0 Å². The molecule has 0 fully saturated rings. The van der Waals surface area contributed by atoms with Gasteiger partial charge in [-0.25, -0.2) is 0 Å². The van der Waals surface area contributed by atoms with E-state index < -0.39 is 0 Å². The summed E-state index contributed by atoms with van der Waals surface area (Å²) in [4.78, 5) is 0. The van der Waals surface area contributed by atoms with Crippen molar-refractivity contribution in [3.63, 3.8) is 0 Å². The maximum atomic E-state index is 2.28. The van der Waals surface area contributed by atoms with Crippen molar-refractivity contribution < 1.29 is 29.8 Å². The van der Waals surface area contributed by atoms with Gasteiger partial charge in [-0.3, -0.25) is 0 Å². The Morgan fingerprint density at radius 2 is 1.77 bits per heavy atom. The van der Waals surface area contributed by atoms with E-state index in [0.29, 0.717) is 5.92 Å². The van der Waals surface area contributed by atoms with E-state index in [1.54, 1.807) is 0 Å². The summed E-state index contributed by atoms with van der Waals surface area (Å²) in [6.07, 6.45) is 2.28. The number of hydrogen-bond acceptors (Lipinski definition) is 0. The Kier molecular flexibility index (Phi) is 4.51. The Morgan fingerprint density at radius 1 is 1.15 bits per heavy atom. The van der Waals surface area contributed by atoms with Gasteiger partial charge in [-0.1, -0.05) is 0 Å². The molecule has 0 bridgehead atoms. The first-order valence-corrected chi connectivity index (χ1v) is 4.59. The van der Waals surface area contributed by atoms with E-state index in [2.05, 4.69) is 57.7 Å². The molecule has 0 spiro atoms. The van der Waals surface area contributed by atoms with E-state index in [4.69, 9.17) is 0 Å². The molecule has 0 saturated carbocycles. The molecule has 0 saturated heterocycles. The fourth-order valence-electron chi connectivity index (χ4n) is 1.50. The maximum absolute atomic E-state index is 2.28. The zero-order chi connectivity index (χ0) is 7.84. The normalized spacial score (nSPS) is 18.1. The smallest absolute Gasteiger partial charge is 1.00 e. The van der Waals surface area contributed by atoms with E-state index in [-0.39, 0.29) is 9.41 Å². The number of rotatable bonds is 0. The Hall–Kier alpha value is -0.466. The average molecular weight is 215 g/mol. The Balaban J connectivity index is 0.000000720. The third-order valence-electron chi connectivity index (χ3n) is 2.24. The van der Waals surface area contributed by atoms with E-state index in [0.717, 1.165) is 0 Å². The second-order valence-corrected chi connectivity index (χ2v) is 3.85. The molecule has 0 aromatic heterocycles. The molecular weight excluding hydrogens is 206 g/mol. The van der Waals surface area contributed by atoms with Crippen LogP contribution < -0.4 is 9.41 Å². The summed E-state index contributed by atoms with van der Waals surface area (Å²) in [5.74, 6) is 0.631. The van der Waals surface area contributed by atoms with Crippen molar-refractivity contribution >= 4 is 6.08 Å². The molecule has 0 radical (unpaired) electrons. The molecule has 0 heterocycles. The van der Waals surface area contributed by atoms with Crippen molar-refractivity contribution in [2.75, 3.05) is 0 Å². The van der Waals surface area contributed by atoms with Crippen molar-refractivity contribution in [1.82, 2.24) is 0 Å². The Labute approximate surface area is 88.2 Å². The minimum atomic E-state index is 0. The zero-order valence-corrected chi connectivity index (χ0v) is 8.78. The molecule has 0 aliphatic heterocycles. The molecule has 1 aliphatic rings. The van der Waals surface area contributed by atoms with Gasteiger partial charge in [-0.2, -0.15) is 0 Å². The number of hydrogen-bond donors (Lipinski definition) is 0. The van der Waals surface area contributed by atoms with E-state index >= 15 is 0 Å². The summed E-state index contributed by atoms with van der Waals surface area (Å²) in [6.45, 7) is 2.26. The Bertz CT molecular complexity index is 320. The molecule has 1 aromatic rings. The van der Waals surface area contributed by atoms with Gasteiger partial charge in [0.1, 0.15) is 0 Å². The molecule has 0 nitrogen and oxygen atoms in total. The van der Waals surface area contributed by atoms with Crippen molar-refractivity contribution in [3.8, 4) is 0 Å². The second-order valence-electron chi connectivity index (χ2n) is 2.95. The largest absolute Gasteiger partial charge is 1.00 e. The number of benzene rings is 1. The summed E-state index contributed by atoms with van der Waals surface area (Å²) >= 11 is 2.20. The summed E-state index contributed by atoms with van der Waals surface area (Å²) in [5.41, 5.74) is 2.88. The van der Waals surface area contributed by atoms with Crippen LogP contribution in [0.1, 0.15) is 24.0 Å². The van der Waals surface area contributed by atoms with Gasteiger partial charge < -0.3 is 9.41 Å². The minimum absolute atomic E-state index is 0. The summed E-state index contributed by atoms with van der Waals surface area (Å²) in [5, 5.41) is 0. The first-order valence-electron chi connectivity index (χ1n) is 3.81. The van der Waals surface area contributed by atoms with Crippen LogP contribution in [0.25, 0.3) is 6.08 Å². The predicted molar refractivity (Wildman–Crippen MR) is 42.8 cm³/mol. The van der Waals surface area contributed by atoms with Gasteiger partial charge in [0.05, 0.1) is 0 Å². The second kappa shape index (κ2) is 4.68. The van der Waals surface area contributed by atoms with E-state index in [9.17, 15) is 0 Å². The van der Waals surface area contributed by atoms with Gasteiger partial charge in [-0.05, 0) is 0 Å². The van der Waals surface area contributed by atoms with Crippen LogP contribution in [0.5, 0.6) is 0 Å². The first kappa shape index (κ1) is 12.5. The molecule has 67 valence electrons. The fourth-order valence-corrected chi connectivity index (χ4v) is 1.98. The van der Waals surface area contributed by atoms with Crippen molar-refractivity contribution in [2.45, 2.75) is 12.8 Å². The minimum Gasteiger partial charge on any atom is -1.00 e. The van der Waals surface area contributed by atoms with Crippen LogP contribution >= 0.6 is 0 Å². The molecule has 0 amide bonds. The Morgan fingerprint density at radius 3 is 2.38 bits per heavy atom. The van der Waals surface area contributed by atoms with E-state index in [1.807, 2.05) is 0 Å². The number of fused-ring (bicyclic) bond motifs is 1. The van der Waals surface area contributed by atoms with Crippen LogP contribution in [-0.2, 0) is 20.4 Å². The summed E-state index contributed by atoms with van der Waals surface area (Å²) in [6, 6.07) is 8.61.